The van der Waals surface area contributed by atoms with E-state index in [9.17, 15) is 9.59 Å². The highest BCUT2D eigenvalue weighted by Gasteiger charge is 2.27. The maximum Gasteiger partial charge on any atom is 0.197 e. The fourth-order valence-corrected chi connectivity index (χ4v) is 2.91. The van der Waals surface area contributed by atoms with Gasteiger partial charge in [0.1, 0.15) is 11.5 Å². The van der Waals surface area contributed by atoms with Crippen LogP contribution >= 0.6 is 0 Å². The molecular formula is C21H18O3. The van der Waals surface area contributed by atoms with Gasteiger partial charge in [-0.15, -0.1) is 0 Å². The fourth-order valence-electron chi connectivity index (χ4n) is 2.91. The SMILES string of the molecule is CC(=O)c1c(C)oc(Cc2ccccc2)c1C(=O)c1ccccc1. The molecule has 2 aromatic carbocycles. The Bertz CT molecular complexity index is 874. The molecule has 0 bridgehead atoms. The van der Waals surface area contributed by atoms with Gasteiger partial charge in [0, 0.05) is 12.0 Å². The van der Waals surface area contributed by atoms with Gasteiger partial charge in [-0.2, -0.15) is 0 Å². The molecule has 0 amide bonds. The van der Waals surface area contributed by atoms with Gasteiger partial charge in [0.25, 0.3) is 0 Å². The van der Waals surface area contributed by atoms with Crippen molar-refractivity contribution < 1.29 is 14.0 Å². The second kappa shape index (κ2) is 6.67. The van der Waals surface area contributed by atoms with E-state index in [-0.39, 0.29) is 11.6 Å². The lowest BCUT2D eigenvalue weighted by atomic mass is 9.95. The summed E-state index contributed by atoms with van der Waals surface area (Å²) in [5.41, 5.74) is 2.35. The van der Waals surface area contributed by atoms with Gasteiger partial charge in [-0.25, -0.2) is 0 Å². The lowest BCUT2D eigenvalue weighted by Crippen LogP contribution is -2.09. The number of carbonyl (C=O) groups excluding carboxylic acids is 2. The number of furan rings is 1. The van der Waals surface area contributed by atoms with Crippen LogP contribution in [0.3, 0.4) is 0 Å². The van der Waals surface area contributed by atoms with Gasteiger partial charge in [0.15, 0.2) is 11.6 Å². The van der Waals surface area contributed by atoms with E-state index in [1.807, 2.05) is 48.5 Å². The van der Waals surface area contributed by atoms with E-state index < -0.39 is 0 Å². The third kappa shape index (κ3) is 3.06. The molecule has 0 unspecified atom stereocenters. The molecule has 0 atom stereocenters. The molecule has 3 heteroatoms. The Balaban J connectivity index is 2.11. The predicted octanol–water partition coefficient (Wildman–Crippen LogP) is 4.61. The van der Waals surface area contributed by atoms with E-state index in [4.69, 9.17) is 4.42 Å². The number of carbonyl (C=O) groups is 2. The molecule has 1 heterocycles. The minimum absolute atomic E-state index is 0.158. The van der Waals surface area contributed by atoms with Crippen LogP contribution < -0.4 is 0 Å². The zero-order valence-corrected chi connectivity index (χ0v) is 13.7. The van der Waals surface area contributed by atoms with Crippen LogP contribution in [0.15, 0.2) is 65.1 Å². The van der Waals surface area contributed by atoms with Gasteiger partial charge in [-0.3, -0.25) is 9.59 Å². The molecule has 0 fully saturated rings. The average Bonchev–Trinajstić information content (AvgIpc) is 2.92. The zero-order valence-electron chi connectivity index (χ0n) is 13.7. The average molecular weight is 318 g/mol. The Kier molecular flexibility index (Phi) is 4.43. The monoisotopic (exact) mass is 318 g/mol. The summed E-state index contributed by atoms with van der Waals surface area (Å²) < 4.78 is 5.81. The van der Waals surface area contributed by atoms with E-state index in [0.717, 1.165) is 5.56 Å². The summed E-state index contributed by atoms with van der Waals surface area (Å²) in [5.74, 6) is 0.698. The summed E-state index contributed by atoms with van der Waals surface area (Å²) in [6.45, 7) is 3.19. The summed E-state index contributed by atoms with van der Waals surface area (Å²) in [7, 11) is 0. The van der Waals surface area contributed by atoms with Crippen molar-refractivity contribution in [3.8, 4) is 0 Å². The van der Waals surface area contributed by atoms with Gasteiger partial charge in [-0.1, -0.05) is 60.7 Å². The highest BCUT2D eigenvalue weighted by molar-refractivity contribution is 6.16. The third-order valence-corrected chi connectivity index (χ3v) is 3.98. The van der Waals surface area contributed by atoms with E-state index in [2.05, 4.69) is 0 Å². The highest BCUT2D eigenvalue weighted by Crippen LogP contribution is 2.28. The first kappa shape index (κ1) is 15.9. The summed E-state index contributed by atoms with van der Waals surface area (Å²) >= 11 is 0. The Hall–Kier alpha value is -2.94. The van der Waals surface area contributed by atoms with Gasteiger partial charge in [0.05, 0.1) is 11.1 Å². The van der Waals surface area contributed by atoms with Crippen LogP contribution in [0.2, 0.25) is 0 Å². The molecule has 24 heavy (non-hydrogen) atoms. The molecule has 120 valence electrons. The summed E-state index contributed by atoms with van der Waals surface area (Å²) in [5, 5.41) is 0. The van der Waals surface area contributed by atoms with E-state index >= 15 is 0 Å². The normalized spacial score (nSPS) is 10.6. The van der Waals surface area contributed by atoms with Gasteiger partial charge in [0.2, 0.25) is 0 Å². The zero-order chi connectivity index (χ0) is 17.1. The minimum Gasteiger partial charge on any atom is -0.464 e. The molecule has 3 nitrogen and oxygen atoms in total. The minimum atomic E-state index is -0.177. The van der Waals surface area contributed by atoms with E-state index in [1.54, 1.807) is 19.1 Å². The standard InChI is InChI=1S/C21H18O3/c1-14(22)19-15(2)24-18(13-16-9-5-3-6-10-16)20(19)21(23)17-11-7-4-8-12-17/h3-12H,13H2,1-2H3. The molecular weight excluding hydrogens is 300 g/mol. The third-order valence-electron chi connectivity index (χ3n) is 3.98. The van der Waals surface area contributed by atoms with E-state index in [1.165, 1.54) is 6.92 Å². The first-order chi connectivity index (χ1) is 11.6. The molecule has 3 rings (SSSR count). The maximum absolute atomic E-state index is 13.0. The van der Waals surface area contributed by atoms with Crippen molar-refractivity contribution in [3.05, 3.63) is 94.4 Å². The van der Waals surface area contributed by atoms with E-state index in [0.29, 0.717) is 34.6 Å². The number of hydrogen-bond donors (Lipinski definition) is 0. The predicted molar refractivity (Wildman–Crippen MR) is 92.6 cm³/mol. The molecule has 0 spiro atoms. The number of hydrogen-bond acceptors (Lipinski definition) is 3. The molecule has 1 aromatic heterocycles. The van der Waals surface area contributed by atoms with Crippen LogP contribution in [0, 0.1) is 6.92 Å². The van der Waals surface area contributed by atoms with Crippen LogP contribution in [0.25, 0.3) is 0 Å². The van der Waals surface area contributed by atoms with Crippen LogP contribution in [-0.2, 0) is 6.42 Å². The highest BCUT2D eigenvalue weighted by atomic mass is 16.3. The first-order valence-corrected chi connectivity index (χ1v) is 7.84. The summed E-state index contributed by atoms with van der Waals surface area (Å²) in [4.78, 5) is 25.1. The Morgan fingerprint density at radius 3 is 2.04 bits per heavy atom. The lowest BCUT2D eigenvalue weighted by molar-refractivity contribution is 0.0990. The Morgan fingerprint density at radius 2 is 1.46 bits per heavy atom. The summed E-state index contributed by atoms with van der Waals surface area (Å²) in [6.07, 6.45) is 0.475. The largest absolute Gasteiger partial charge is 0.464 e. The van der Waals surface area contributed by atoms with Crippen molar-refractivity contribution in [1.29, 1.82) is 0 Å². The Morgan fingerprint density at radius 1 is 0.875 bits per heavy atom. The van der Waals surface area contributed by atoms with Crippen LogP contribution in [0.5, 0.6) is 0 Å². The van der Waals surface area contributed by atoms with Gasteiger partial charge >= 0.3 is 0 Å². The molecule has 0 saturated heterocycles. The van der Waals surface area contributed by atoms with Crippen LogP contribution in [0.4, 0.5) is 0 Å². The van der Waals surface area contributed by atoms with Crippen LogP contribution in [-0.4, -0.2) is 11.6 Å². The molecule has 3 aromatic rings. The molecule has 0 aliphatic heterocycles. The molecule has 0 saturated carbocycles. The van der Waals surface area contributed by atoms with Gasteiger partial charge in [-0.05, 0) is 19.4 Å². The number of ketones is 2. The quantitative estimate of drug-likeness (QED) is 0.645. The molecule has 0 aliphatic rings. The Labute approximate surface area is 140 Å². The van der Waals surface area contributed by atoms with Crippen molar-refractivity contribution in [2.75, 3.05) is 0 Å². The second-order valence-electron chi connectivity index (χ2n) is 5.75. The lowest BCUT2D eigenvalue weighted by Gasteiger charge is -2.05. The first-order valence-electron chi connectivity index (χ1n) is 7.84. The number of aryl methyl sites for hydroxylation is 1. The molecule has 0 radical (unpaired) electrons. The number of Topliss-reactive ketones (excluding diaryl/α,β-unsaturated/α-hetero) is 1. The van der Waals surface area contributed by atoms with Crippen molar-refractivity contribution >= 4 is 11.6 Å². The van der Waals surface area contributed by atoms with Crippen molar-refractivity contribution in [1.82, 2.24) is 0 Å². The fraction of sp³-hybridized carbons (Fsp3) is 0.143. The van der Waals surface area contributed by atoms with Crippen LogP contribution in [0.1, 0.15) is 50.3 Å². The van der Waals surface area contributed by atoms with Gasteiger partial charge < -0.3 is 4.42 Å². The second-order valence-corrected chi connectivity index (χ2v) is 5.75. The van der Waals surface area contributed by atoms with Crippen molar-refractivity contribution in [3.63, 3.8) is 0 Å². The number of benzene rings is 2. The van der Waals surface area contributed by atoms with Crippen molar-refractivity contribution in [2.45, 2.75) is 20.3 Å². The number of rotatable bonds is 5. The summed E-state index contributed by atoms with van der Waals surface area (Å²) in [6, 6.07) is 18.7. The topological polar surface area (TPSA) is 47.3 Å². The maximum atomic E-state index is 13.0. The molecule has 0 aliphatic carbocycles. The molecule has 0 N–H and O–H groups in total. The van der Waals surface area contributed by atoms with Crippen molar-refractivity contribution in [2.24, 2.45) is 0 Å². The smallest absolute Gasteiger partial charge is 0.197 e.